The predicted molar refractivity (Wildman–Crippen MR) is 78.0 cm³/mol. The minimum Gasteiger partial charge on any atom is -0.315 e. The predicted octanol–water partition coefficient (Wildman–Crippen LogP) is 3.30. The topological polar surface area (TPSA) is 15.3 Å². The molecule has 1 unspecified atom stereocenters. The van der Waals surface area contributed by atoms with E-state index in [9.17, 15) is 0 Å². The Balaban J connectivity index is 2.00. The zero-order valence-corrected chi connectivity index (χ0v) is 11.9. The van der Waals surface area contributed by atoms with Crippen LogP contribution in [0.1, 0.15) is 31.7 Å². The maximum absolute atomic E-state index is 6.06. The summed E-state index contributed by atoms with van der Waals surface area (Å²) < 4.78 is 0. The number of hydrogen-bond acceptors (Lipinski definition) is 2. The number of piperidine rings is 1. The molecule has 2 nitrogen and oxygen atoms in total. The summed E-state index contributed by atoms with van der Waals surface area (Å²) in [4.78, 5) is 2.60. The summed E-state index contributed by atoms with van der Waals surface area (Å²) in [5.74, 6) is 0. The van der Waals surface area contributed by atoms with Crippen molar-refractivity contribution in [3.05, 3.63) is 34.9 Å². The molecule has 1 atom stereocenters. The molecule has 0 saturated carbocycles. The highest BCUT2D eigenvalue weighted by Gasteiger charge is 2.20. The van der Waals surface area contributed by atoms with Crippen LogP contribution in [0.25, 0.3) is 0 Å². The Morgan fingerprint density at radius 2 is 2.33 bits per heavy atom. The van der Waals surface area contributed by atoms with Crippen molar-refractivity contribution in [2.24, 2.45) is 0 Å². The van der Waals surface area contributed by atoms with E-state index in [-0.39, 0.29) is 0 Å². The Bertz CT molecular complexity index is 361. The highest BCUT2D eigenvalue weighted by Crippen LogP contribution is 2.17. The van der Waals surface area contributed by atoms with E-state index in [1.165, 1.54) is 37.9 Å². The van der Waals surface area contributed by atoms with Crippen LogP contribution in [0.3, 0.4) is 0 Å². The molecule has 1 fully saturated rings. The van der Waals surface area contributed by atoms with E-state index in [1.807, 2.05) is 12.1 Å². The molecule has 1 N–H and O–H groups in total. The molecule has 0 aliphatic carbocycles. The fraction of sp³-hybridized carbons (Fsp3) is 0.600. The fourth-order valence-corrected chi connectivity index (χ4v) is 2.91. The van der Waals surface area contributed by atoms with E-state index < -0.39 is 0 Å². The SMILES string of the molecule is CCCN(Cc1cccc(Cl)c1)C1CCCNC1. The summed E-state index contributed by atoms with van der Waals surface area (Å²) in [5.41, 5.74) is 1.32. The minimum atomic E-state index is 0.678. The van der Waals surface area contributed by atoms with Gasteiger partial charge in [-0.15, -0.1) is 0 Å². The molecule has 0 spiro atoms. The number of nitrogens with zero attached hydrogens (tertiary/aromatic N) is 1. The summed E-state index contributed by atoms with van der Waals surface area (Å²) >= 11 is 6.06. The van der Waals surface area contributed by atoms with Gasteiger partial charge in [-0.25, -0.2) is 0 Å². The number of rotatable bonds is 5. The molecule has 1 heterocycles. The molecule has 1 aromatic carbocycles. The first kappa shape index (κ1) is 13.9. The van der Waals surface area contributed by atoms with Crippen LogP contribution in [0.15, 0.2) is 24.3 Å². The fourth-order valence-electron chi connectivity index (χ4n) is 2.69. The van der Waals surface area contributed by atoms with Gasteiger partial charge in [-0.2, -0.15) is 0 Å². The van der Waals surface area contributed by atoms with Crippen LogP contribution in [0.4, 0.5) is 0 Å². The Labute approximate surface area is 115 Å². The standard InChI is InChI=1S/C15H23ClN2/c1-2-9-18(15-7-4-8-17-11-15)12-13-5-3-6-14(16)10-13/h3,5-6,10,15,17H,2,4,7-9,11-12H2,1H3. The lowest BCUT2D eigenvalue weighted by atomic mass is 10.0. The first-order valence-corrected chi connectivity index (χ1v) is 7.36. The summed E-state index contributed by atoms with van der Waals surface area (Å²) in [6.07, 6.45) is 3.81. The summed E-state index contributed by atoms with van der Waals surface area (Å²) in [6, 6.07) is 8.92. The molecule has 0 bridgehead atoms. The van der Waals surface area contributed by atoms with Crippen LogP contribution in [-0.4, -0.2) is 30.6 Å². The Kier molecular flexibility index (Phi) is 5.48. The van der Waals surface area contributed by atoms with Gasteiger partial charge in [-0.3, -0.25) is 4.90 Å². The average Bonchev–Trinajstić information content (AvgIpc) is 2.39. The van der Waals surface area contributed by atoms with Gasteiger partial charge in [0.15, 0.2) is 0 Å². The molecule has 0 aromatic heterocycles. The van der Waals surface area contributed by atoms with Gasteiger partial charge < -0.3 is 5.32 Å². The second-order valence-electron chi connectivity index (χ2n) is 5.10. The molecule has 1 aliphatic heterocycles. The van der Waals surface area contributed by atoms with Crippen LogP contribution >= 0.6 is 11.6 Å². The third kappa shape index (κ3) is 3.98. The van der Waals surface area contributed by atoms with E-state index >= 15 is 0 Å². The highest BCUT2D eigenvalue weighted by molar-refractivity contribution is 6.30. The van der Waals surface area contributed by atoms with E-state index in [0.29, 0.717) is 6.04 Å². The van der Waals surface area contributed by atoms with Crippen LogP contribution < -0.4 is 5.32 Å². The third-order valence-electron chi connectivity index (χ3n) is 3.57. The van der Waals surface area contributed by atoms with Gasteiger partial charge in [0.2, 0.25) is 0 Å². The molecular weight excluding hydrogens is 244 g/mol. The molecule has 1 saturated heterocycles. The van der Waals surface area contributed by atoms with Crippen molar-refractivity contribution in [3.8, 4) is 0 Å². The minimum absolute atomic E-state index is 0.678. The molecule has 18 heavy (non-hydrogen) atoms. The molecular formula is C15H23ClN2. The lowest BCUT2D eigenvalue weighted by Gasteiger charge is -2.34. The summed E-state index contributed by atoms with van der Waals surface area (Å²) in [7, 11) is 0. The van der Waals surface area contributed by atoms with Gasteiger partial charge >= 0.3 is 0 Å². The molecule has 2 rings (SSSR count). The Hall–Kier alpha value is -0.570. The van der Waals surface area contributed by atoms with Crippen molar-refractivity contribution < 1.29 is 0 Å². The molecule has 100 valence electrons. The zero-order valence-electron chi connectivity index (χ0n) is 11.2. The van der Waals surface area contributed by atoms with Crippen LogP contribution in [0.2, 0.25) is 5.02 Å². The van der Waals surface area contributed by atoms with Crippen molar-refractivity contribution in [1.82, 2.24) is 10.2 Å². The third-order valence-corrected chi connectivity index (χ3v) is 3.81. The van der Waals surface area contributed by atoms with E-state index in [0.717, 1.165) is 18.1 Å². The lowest BCUT2D eigenvalue weighted by molar-refractivity contribution is 0.158. The molecule has 0 radical (unpaired) electrons. The van der Waals surface area contributed by atoms with Crippen molar-refractivity contribution >= 4 is 11.6 Å². The van der Waals surface area contributed by atoms with Gasteiger partial charge in [-0.05, 0) is 50.0 Å². The van der Waals surface area contributed by atoms with Gasteiger partial charge in [0.25, 0.3) is 0 Å². The highest BCUT2D eigenvalue weighted by atomic mass is 35.5. The first-order chi connectivity index (χ1) is 8.79. The number of hydrogen-bond donors (Lipinski definition) is 1. The lowest BCUT2D eigenvalue weighted by Crippen LogP contribution is -2.45. The number of nitrogens with one attached hydrogen (secondary N) is 1. The van der Waals surface area contributed by atoms with Crippen molar-refractivity contribution in [2.75, 3.05) is 19.6 Å². The summed E-state index contributed by atoms with van der Waals surface area (Å²) in [5, 5.41) is 4.34. The monoisotopic (exact) mass is 266 g/mol. The Morgan fingerprint density at radius 1 is 1.44 bits per heavy atom. The Morgan fingerprint density at radius 3 is 3.00 bits per heavy atom. The van der Waals surface area contributed by atoms with Gasteiger partial charge in [0, 0.05) is 24.2 Å². The van der Waals surface area contributed by atoms with Crippen molar-refractivity contribution in [1.29, 1.82) is 0 Å². The van der Waals surface area contributed by atoms with Gasteiger partial charge in [0.05, 0.1) is 0 Å². The smallest absolute Gasteiger partial charge is 0.0409 e. The normalized spacial score (nSPS) is 20.3. The van der Waals surface area contributed by atoms with Crippen molar-refractivity contribution in [3.63, 3.8) is 0 Å². The molecule has 1 aliphatic rings. The van der Waals surface area contributed by atoms with Crippen LogP contribution in [-0.2, 0) is 6.54 Å². The van der Waals surface area contributed by atoms with E-state index in [1.54, 1.807) is 0 Å². The van der Waals surface area contributed by atoms with Crippen LogP contribution in [0, 0.1) is 0 Å². The second kappa shape index (κ2) is 7.13. The maximum Gasteiger partial charge on any atom is 0.0409 e. The molecule has 3 heteroatoms. The molecule has 1 aromatic rings. The quantitative estimate of drug-likeness (QED) is 0.880. The van der Waals surface area contributed by atoms with E-state index in [2.05, 4.69) is 29.3 Å². The second-order valence-corrected chi connectivity index (χ2v) is 5.54. The zero-order chi connectivity index (χ0) is 12.8. The number of halogens is 1. The van der Waals surface area contributed by atoms with Crippen molar-refractivity contribution in [2.45, 2.75) is 38.8 Å². The number of benzene rings is 1. The van der Waals surface area contributed by atoms with E-state index in [4.69, 9.17) is 11.6 Å². The summed E-state index contributed by atoms with van der Waals surface area (Å²) in [6.45, 7) is 6.73. The van der Waals surface area contributed by atoms with Crippen LogP contribution in [0.5, 0.6) is 0 Å². The first-order valence-electron chi connectivity index (χ1n) is 6.99. The maximum atomic E-state index is 6.06. The molecule has 0 amide bonds. The van der Waals surface area contributed by atoms with Gasteiger partial charge in [-0.1, -0.05) is 30.7 Å². The largest absolute Gasteiger partial charge is 0.315 e. The average molecular weight is 267 g/mol. The van der Waals surface area contributed by atoms with Gasteiger partial charge in [0.1, 0.15) is 0 Å².